The molecule has 1 amide bonds. The minimum Gasteiger partial charge on any atom is -0.272 e. The Labute approximate surface area is 202 Å². The predicted octanol–water partition coefficient (Wildman–Crippen LogP) is 5.88. The Bertz CT molecular complexity index is 1360. The summed E-state index contributed by atoms with van der Waals surface area (Å²) in [4.78, 5) is 13.6. The number of aryl methyl sites for hydroxylation is 1. The number of benzene rings is 2. The topological polar surface area (TPSA) is 50.5 Å². The van der Waals surface area contributed by atoms with Crippen molar-refractivity contribution in [2.24, 2.45) is 15.9 Å². The molecule has 4 saturated carbocycles. The van der Waals surface area contributed by atoms with E-state index in [4.69, 9.17) is 0 Å². The molecule has 2 bridgehead atoms. The first-order valence-corrected chi connectivity index (χ1v) is 12.7. The first kappa shape index (κ1) is 21.2. The van der Waals surface area contributed by atoms with Gasteiger partial charge in [0.1, 0.15) is 11.6 Å². The van der Waals surface area contributed by atoms with Crippen molar-refractivity contribution < 1.29 is 13.6 Å². The summed E-state index contributed by atoms with van der Waals surface area (Å²) >= 11 is 0. The average Bonchev–Trinajstić information content (AvgIpc) is 3.35. The van der Waals surface area contributed by atoms with Crippen LogP contribution in [0.25, 0.3) is 10.9 Å². The predicted molar refractivity (Wildman–Crippen MR) is 129 cm³/mol. The second kappa shape index (κ2) is 7.21. The molecule has 180 valence electrons. The maximum absolute atomic E-state index is 14.7. The molecule has 0 spiro atoms. The molecule has 4 aliphatic carbocycles. The first-order chi connectivity index (χ1) is 16.9. The summed E-state index contributed by atoms with van der Waals surface area (Å²) in [5, 5.41) is 11.6. The average molecular weight is 475 g/mol. The quantitative estimate of drug-likeness (QED) is 0.448. The van der Waals surface area contributed by atoms with E-state index in [0.29, 0.717) is 12.0 Å². The molecule has 2 heterocycles. The number of nitrogens with zero attached hydrogens (tertiary/aromatic N) is 4. The van der Waals surface area contributed by atoms with E-state index < -0.39 is 23.1 Å². The number of rotatable bonds is 6. The van der Waals surface area contributed by atoms with E-state index >= 15 is 0 Å². The van der Waals surface area contributed by atoms with E-state index in [1.54, 1.807) is 6.21 Å². The smallest absolute Gasteiger partial charge is 0.249 e. The lowest BCUT2D eigenvalue weighted by Gasteiger charge is -2.69. The molecule has 2 aromatic carbocycles. The highest BCUT2D eigenvalue weighted by atomic mass is 19.1. The van der Waals surface area contributed by atoms with Crippen molar-refractivity contribution in [1.82, 2.24) is 14.8 Å². The fraction of sp³-hybridized carbons (Fsp3) is 0.464. The van der Waals surface area contributed by atoms with Gasteiger partial charge in [0.25, 0.3) is 0 Å². The third-order valence-electron chi connectivity index (χ3n) is 8.70. The Kier molecular flexibility index (Phi) is 4.37. The lowest BCUT2D eigenvalue weighted by atomic mass is 9.34. The van der Waals surface area contributed by atoms with Gasteiger partial charge in [0.2, 0.25) is 5.91 Å². The third kappa shape index (κ3) is 3.13. The normalized spacial score (nSPS) is 28.9. The first-order valence-electron chi connectivity index (χ1n) is 12.7. The van der Waals surface area contributed by atoms with Crippen LogP contribution in [0.3, 0.4) is 0 Å². The second-order valence-corrected chi connectivity index (χ2v) is 11.2. The monoisotopic (exact) mass is 474 g/mol. The van der Waals surface area contributed by atoms with E-state index in [2.05, 4.69) is 40.0 Å². The van der Waals surface area contributed by atoms with Gasteiger partial charge in [0.15, 0.2) is 0 Å². The molecule has 3 aromatic rings. The van der Waals surface area contributed by atoms with Crippen molar-refractivity contribution in [2.75, 3.05) is 0 Å². The maximum atomic E-state index is 14.7. The van der Waals surface area contributed by atoms with Crippen LogP contribution in [-0.4, -0.2) is 26.9 Å². The van der Waals surface area contributed by atoms with Gasteiger partial charge in [-0.2, -0.15) is 10.2 Å². The number of hydrogen-bond donors (Lipinski definition) is 0. The molecule has 1 unspecified atom stereocenters. The Balaban J connectivity index is 1.07. The number of hydrazone groups is 1. The SMILES string of the molecule is CCc1ccc2c(cnn2CC23CC(C(=O)N4N=CCC4c4cc(F)c(C5CC5)c(F)c4)(C2)C3)c1. The number of carbonyl (C=O) groups excluding carboxylic acids is 1. The zero-order valence-electron chi connectivity index (χ0n) is 19.8. The largest absolute Gasteiger partial charge is 0.272 e. The molecule has 5 nitrogen and oxygen atoms in total. The minimum atomic E-state index is -0.497. The van der Waals surface area contributed by atoms with E-state index in [0.717, 1.165) is 56.0 Å². The van der Waals surface area contributed by atoms with Crippen molar-refractivity contribution >= 4 is 23.0 Å². The molecule has 0 radical (unpaired) electrons. The van der Waals surface area contributed by atoms with Gasteiger partial charge in [-0.05, 0) is 85.3 Å². The summed E-state index contributed by atoms with van der Waals surface area (Å²) in [6.45, 7) is 2.96. The van der Waals surface area contributed by atoms with Gasteiger partial charge in [-0.15, -0.1) is 0 Å². The van der Waals surface area contributed by atoms with Crippen LogP contribution < -0.4 is 0 Å². The molecular weight excluding hydrogens is 446 g/mol. The van der Waals surface area contributed by atoms with Gasteiger partial charge in [-0.3, -0.25) is 9.48 Å². The number of hydrogen-bond acceptors (Lipinski definition) is 3. The molecule has 8 rings (SSSR count). The summed E-state index contributed by atoms with van der Waals surface area (Å²) < 4.78 is 31.5. The standard InChI is InChI=1S/C28H28F2N4O/c1-2-17-3-6-23-20(9-17)12-32-33(23)16-27-13-28(14-27,15-27)26(35)34-24(7-8-31-34)19-10-21(29)25(18-4-5-18)22(30)11-19/h3,6,8-12,18,24H,2,4-5,7,13-16H2,1H3. The Hall–Kier alpha value is -3.09. The number of aromatic nitrogens is 2. The van der Waals surface area contributed by atoms with Gasteiger partial charge in [-0.1, -0.05) is 13.0 Å². The van der Waals surface area contributed by atoms with E-state index in [1.807, 2.05) is 6.20 Å². The minimum absolute atomic E-state index is 0.000759. The molecule has 1 aliphatic heterocycles. The molecule has 1 atom stereocenters. The lowest BCUT2D eigenvalue weighted by Crippen LogP contribution is -2.68. The van der Waals surface area contributed by atoms with Crippen LogP contribution in [0.15, 0.2) is 41.6 Å². The van der Waals surface area contributed by atoms with Crippen molar-refractivity contribution in [3.8, 4) is 0 Å². The zero-order valence-corrected chi connectivity index (χ0v) is 19.8. The van der Waals surface area contributed by atoms with Crippen molar-refractivity contribution in [2.45, 2.75) is 70.4 Å². The summed E-state index contributed by atoms with van der Waals surface area (Å²) in [5.41, 5.74) is 2.82. The van der Waals surface area contributed by atoms with Crippen molar-refractivity contribution in [1.29, 1.82) is 0 Å². The number of amides is 1. The highest BCUT2D eigenvalue weighted by Gasteiger charge is 2.72. The molecule has 35 heavy (non-hydrogen) atoms. The third-order valence-corrected chi connectivity index (χ3v) is 8.70. The van der Waals surface area contributed by atoms with Crippen LogP contribution in [-0.2, 0) is 17.8 Å². The number of fused-ring (bicyclic) bond motifs is 1. The van der Waals surface area contributed by atoms with Crippen LogP contribution in [0.4, 0.5) is 8.78 Å². The van der Waals surface area contributed by atoms with Crippen LogP contribution in [0.2, 0.25) is 0 Å². The Morgan fingerprint density at radius 3 is 2.54 bits per heavy atom. The van der Waals surface area contributed by atoms with Crippen LogP contribution >= 0.6 is 0 Å². The van der Waals surface area contributed by atoms with Gasteiger partial charge in [0.05, 0.1) is 23.2 Å². The van der Waals surface area contributed by atoms with Crippen molar-refractivity contribution in [3.05, 3.63) is 64.9 Å². The van der Waals surface area contributed by atoms with E-state index in [1.165, 1.54) is 22.7 Å². The number of halogens is 2. The van der Waals surface area contributed by atoms with Crippen LogP contribution in [0, 0.1) is 22.5 Å². The fourth-order valence-corrected chi connectivity index (χ4v) is 6.88. The Morgan fingerprint density at radius 1 is 1.11 bits per heavy atom. The zero-order chi connectivity index (χ0) is 23.9. The van der Waals surface area contributed by atoms with E-state index in [-0.39, 0.29) is 22.8 Å². The molecular formula is C28H28F2N4O. The lowest BCUT2D eigenvalue weighted by molar-refractivity contribution is -0.223. The van der Waals surface area contributed by atoms with Gasteiger partial charge in [0, 0.05) is 30.1 Å². The molecule has 5 aliphatic rings. The van der Waals surface area contributed by atoms with Crippen LogP contribution in [0.5, 0.6) is 0 Å². The fourth-order valence-electron chi connectivity index (χ4n) is 6.88. The summed E-state index contributed by atoms with van der Waals surface area (Å²) in [5.74, 6) is -1.00. The summed E-state index contributed by atoms with van der Waals surface area (Å²) in [6, 6.07) is 8.87. The van der Waals surface area contributed by atoms with Crippen LogP contribution in [0.1, 0.15) is 74.1 Å². The molecule has 0 N–H and O–H groups in total. The molecule has 7 heteroatoms. The van der Waals surface area contributed by atoms with E-state index in [9.17, 15) is 13.6 Å². The number of carbonyl (C=O) groups is 1. The molecule has 1 aromatic heterocycles. The van der Waals surface area contributed by atoms with Gasteiger partial charge < -0.3 is 0 Å². The van der Waals surface area contributed by atoms with Gasteiger partial charge in [-0.25, -0.2) is 13.8 Å². The van der Waals surface area contributed by atoms with Gasteiger partial charge >= 0.3 is 0 Å². The second-order valence-electron chi connectivity index (χ2n) is 11.2. The molecule has 0 saturated heterocycles. The highest BCUT2D eigenvalue weighted by Crippen LogP contribution is 2.74. The molecule has 4 fully saturated rings. The Morgan fingerprint density at radius 2 is 1.86 bits per heavy atom. The summed E-state index contributed by atoms with van der Waals surface area (Å²) in [6.07, 6.45) is 9.21. The van der Waals surface area contributed by atoms with Crippen molar-refractivity contribution in [3.63, 3.8) is 0 Å². The summed E-state index contributed by atoms with van der Waals surface area (Å²) in [7, 11) is 0. The maximum Gasteiger partial charge on any atom is 0.249 e. The highest BCUT2D eigenvalue weighted by molar-refractivity contribution is 5.88.